The first kappa shape index (κ1) is 14.2. The van der Waals surface area contributed by atoms with Gasteiger partial charge in [-0.15, -0.1) is 0 Å². The lowest BCUT2D eigenvalue weighted by Gasteiger charge is -2.39. The molecule has 19 heavy (non-hydrogen) atoms. The van der Waals surface area contributed by atoms with Gasteiger partial charge in [-0.05, 0) is 49.4 Å². The number of rotatable bonds is 4. The van der Waals surface area contributed by atoms with Crippen LogP contribution in [0.15, 0.2) is 24.3 Å². The Labute approximate surface area is 116 Å². The van der Waals surface area contributed by atoms with Gasteiger partial charge in [0.15, 0.2) is 0 Å². The summed E-state index contributed by atoms with van der Waals surface area (Å²) in [6.45, 7) is 9.36. The van der Waals surface area contributed by atoms with Crippen molar-refractivity contribution in [2.24, 2.45) is 17.6 Å². The van der Waals surface area contributed by atoms with E-state index in [0.29, 0.717) is 18.4 Å². The predicted molar refractivity (Wildman–Crippen MR) is 80.7 cm³/mol. The van der Waals surface area contributed by atoms with Crippen molar-refractivity contribution in [2.75, 3.05) is 24.6 Å². The van der Waals surface area contributed by atoms with Crippen LogP contribution in [0.4, 0.5) is 5.69 Å². The van der Waals surface area contributed by atoms with Gasteiger partial charge in [-0.25, -0.2) is 0 Å². The number of hydrogen-bond acceptors (Lipinski definition) is 3. The minimum atomic E-state index is 0.285. The zero-order valence-electron chi connectivity index (χ0n) is 12.3. The summed E-state index contributed by atoms with van der Waals surface area (Å²) in [7, 11) is 0. The van der Waals surface area contributed by atoms with Crippen molar-refractivity contribution in [3.05, 3.63) is 24.3 Å². The molecule has 2 rings (SSSR count). The normalized spacial score (nSPS) is 23.7. The van der Waals surface area contributed by atoms with Crippen LogP contribution in [0.3, 0.4) is 0 Å². The second kappa shape index (κ2) is 6.29. The lowest BCUT2D eigenvalue weighted by Crippen LogP contribution is -2.48. The summed E-state index contributed by atoms with van der Waals surface area (Å²) in [4.78, 5) is 2.41. The largest absolute Gasteiger partial charge is 0.494 e. The maximum atomic E-state index is 6.20. The summed E-state index contributed by atoms with van der Waals surface area (Å²) in [6, 6.07) is 8.65. The lowest BCUT2D eigenvalue weighted by molar-refractivity contribution is 0.298. The average molecular weight is 262 g/mol. The maximum Gasteiger partial charge on any atom is 0.119 e. The third-order valence-electron chi connectivity index (χ3n) is 3.97. The van der Waals surface area contributed by atoms with E-state index in [0.717, 1.165) is 25.3 Å². The van der Waals surface area contributed by atoms with Crippen molar-refractivity contribution in [1.29, 1.82) is 0 Å². The molecule has 0 spiro atoms. The van der Waals surface area contributed by atoms with E-state index in [1.54, 1.807) is 0 Å². The molecule has 0 amide bonds. The fourth-order valence-corrected chi connectivity index (χ4v) is 2.79. The van der Waals surface area contributed by atoms with Crippen LogP contribution in [0.25, 0.3) is 0 Å². The van der Waals surface area contributed by atoms with Crippen LogP contribution in [-0.4, -0.2) is 25.7 Å². The number of piperidine rings is 1. The van der Waals surface area contributed by atoms with Crippen molar-refractivity contribution >= 4 is 5.69 Å². The van der Waals surface area contributed by atoms with Crippen molar-refractivity contribution in [1.82, 2.24) is 0 Å². The Hall–Kier alpha value is -1.22. The molecule has 1 aliphatic heterocycles. The molecule has 0 saturated carbocycles. The van der Waals surface area contributed by atoms with Crippen molar-refractivity contribution in [2.45, 2.75) is 33.2 Å². The minimum Gasteiger partial charge on any atom is -0.494 e. The first-order valence-electron chi connectivity index (χ1n) is 7.33. The number of nitrogens with two attached hydrogens (primary N) is 1. The van der Waals surface area contributed by atoms with Gasteiger partial charge in [-0.1, -0.05) is 13.8 Å². The molecular weight excluding hydrogens is 236 g/mol. The second-order valence-corrected chi connectivity index (χ2v) is 5.83. The molecule has 2 N–H and O–H groups in total. The summed E-state index contributed by atoms with van der Waals surface area (Å²) < 4.78 is 5.49. The highest BCUT2D eigenvalue weighted by molar-refractivity contribution is 5.49. The summed E-state index contributed by atoms with van der Waals surface area (Å²) >= 11 is 0. The van der Waals surface area contributed by atoms with Gasteiger partial charge in [0.05, 0.1) is 6.61 Å². The van der Waals surface area contributed by atoms with E-state index >= 15 is 0 Å². The number of hydrogen-bond donors (Lipinski definition) is 1. The van der Waals surface area contributed by atoms with Crippen LogP contribution < -0.4 is 15.4 Å². The number of nitrogens with zero attached hydrogens (tertiary/aromatic N) is 1. The smallest absolute Gasteiger partial charge is 0.119 e. The molecule has 0 bridgehead atoms. The van der Waals surface area contributed by atoms with Gasteiger partial charge in [0.25, 0.3) is 0 Å². The Balaban J connectivity index is 2.07. The third kappa shape index (κ3) is 3.63. The van der Waals surface area contributed by atoms with Crippen LogP contribution in [0.1, 0.15) is 27.2 Å². The molecule has 3 heteroatoms. The summed E-state index contributed by atoms with van der Waals surface area (Å²) in [5, 5.41) is 0. The molecule has 1 saturated heterocycles. The average Bonchev–Trinajstić information content (AvgIpc) is 2.39. The molecule has 1 fully saturated rings. The molecule has 1 aromatic carbocycles. The zero-order valence-corrected chi connectivity index (χ0v) is 12.3. The van der Waals surface area contributed by atoms with E-state index in [4.69, 9.17) is 10.5 Å². The molecule has 106 valence electrons. The maximum absolute atomic E-state index is 6.20. The van der Waals surface area contributed by atoms with Crippen LogP contribution in [0, 0.1) is 11.8 Å². The molecule has 0 aliphatic carbocycles. The fourth-order valence-electron chi connectivity index (χ4n) is 2.79. The number of anilines is 1. The highest BCUT2D eigenvalue weighted by atomic mass is 16.5. The Morgan fingerprint density at radius 3 is 2.53 bits per heavy atom. The van der Waals surface area contributed by atoms with E-state index in [9.17, 15) is 0 Å². The molecular formula is C16H26N2O. The molecule has 1 aromatic rings. The molecule has 2 unspecified atom stereocenters. The SMILES string of the molecule is CCOc1ccc(N2CC(N)CC(C(C)C)C2)cc1. The molecule has 0 radical (unpaired) electrons. The van der Waals surface area contributed by atoms with Gasteiger partial charge in [0.2, 0.25) is 0 Å². The highest BCUT2D eigenvalue weighted by Crippen LogP contribution is 2.28. The summed E-state index contributed by atoms with van der Waals surface area (Å²) in [5.74, 6) is 2.32. The van der Waals surface area contributed by atoms with Crippen molar-refractivity contribution in [3.63, 3.8) is 0 Å². The van der Waals surface area contributed by atoms with Crippen LogP contribution in [0.2, 0.25) is 0 Å². The topological polar surface area (TPSA) is 38.5 Å². The zero-order chi connectivity index (χ0) is 13.8. The first-order chi connectivity index (χ1) is 9.10. The molecule has 0 aromatic heterocycles. The molecule has 1 heterocycles. The van der Waals surface area contributed by atoms with Gasteiger partial charge >= 0.3 is 0 Å². The summed E-state index contributed by atoms with van der Waals surface area (Å²) in [6.07, 6.45) is 1.14. The predicted octanol–water partition coefficient (Wildman–Crippen LogP) is 2.89. The van der Waals surface area contributed by atoms with E-state index in [1.165, 1.54) is 5.69 Å². The van der Waals surface area contributed by atoms with Crippen LogP contribution in [0.5, 0.6) is 5.75 Å². The van der Waals surface area contributed by atoms with Crippen molar-refractivity contribution < 1.29 is 4.74 Å². The summed E-state index contributed by atoms with van der Waals surface area (Å²) in [5.41, 5.74) is 7.46. The van der Waals surface area contributed by atoms with Gasteiger partial charge in [0, 0.05) is 24.8 Å². The van der Waals surface area contributed by atoms with Gasteiger partial charge in [-0.3, -0.25) is 0 Å². The Kier molecular flexibility index (Phi) is 4.70. The molecule has 1 aliphatic rings. The number of ether oxygens (including phenoxy) is 1. The van der Waals surface area contributed by atoms with Crippen LogP contribution in [-0.2, 0) is 0 Å². The van der Waals surface area contributed by atoms with E-state index < -0.39 is 0 Å². The van der Waals surface area contributed by atoms with E-state index in [-0.39, 0.29) is 6.04 Å². The Morgan fingerprint density at radius 2 is 1.95 bits per heavy atom. The van der Waals surface area contributed by atoms with Gasteiger partial charge in [-0.2, -0.15) is 0 Å². The van der Waals surface area contributed by atoms with Crippen molar-refractivity contribution in [3.8, 4) is 5.75 Å². The third-order valence-corrected chi connectivity index (χ3v) is 3.97. The second-order valence-electron chi connectivity index (χ2n) is 5.83. The monoisotopic (exact) mass is 262 g/mol. The van der Waals surface area contributed by atoms with Gasteiger partial charge in [0.1, 0.15) is 5.75 Å². The first-order valence-corrected chi connectivity index (χ1v) is 7.33. The van der Waals surface area contributed by atoms with Gasteiger partial charge < -0.3 is 15.4 Å². The Morgan fingerprint density at radius 1 is 1.26 bits per heavy atom. The standard InChI is InChI=1S/C16H26N2O/c1-4-19-16-7-5-15(6-8-16)18-10-13(12(2)3)9-14(17)11-18/h5-8,12-14H,4,9-11,17H2,1-3H3. The minimum absolute atomic E-state index is 0.285. The quantitative estimate of drug-likeness (QED) is 0.906. The van der Waals surface area contributed by atoms with Crippen LogP contribution >= 0.6 is 0 Å². The van der Waals surface area contributed by atoms with E-state index in [1.807, 2.05) is 19.1 Å². The Bertz CT molecular complexity index is 388. The fraction of sp³-hybridized carbons (Fsp3) is 0.625. The lowest BCUT2D eigenvalue weighted by atomic mass is 9.85. The van der Waals surface area contributed by atoms with E-state index in [2.05, 4.69) is 30.9 Å². The molecule has 3 nitrogen and oxygen atoms in total. The molecule has 2 atom stereocenters. The number of benzene rings is 1. The highest BCUT2D eigenvalue weighted by Gasteiger charge is 2.27.